The normalized spacial score (nSPS) is 25.6. The molecule has 2 atom stereocenters. The minimum absolute atomic E-state index is 0.221. The van der Waals surface area contributed by atoms with Crippen LogP contribution in [-0.4, -0.2) is 24.6 Å². The van der Waals surface area contributed by atoms with Gasteiger partial charge in [0.15, 0.2) is 0 Å². The molecule has 1 aliphatic rings. The van der Waals surface area contributed by atoms with Crippen LogP contribution < -0.4 is 15.8 Å². The van der Waals surface area contributed by atoms with Gasteiger partial charge in [-0.3, -0.25) is 4.79 Å². The van der Waals surface area contributed by atoms with Crippen LogP contribution in [0, 0.1) is 5.92 Å². The molecule has 110 valence electrons. The van der Waals surface area contributed by atoms with Gasteiger partial charge >= 0.3 is 0 Å². The first-order valence-corrected chi connectivity index (χ1v) is 7.42. The second-order valence-electron chi connectivity index (χ2n) is 5.41. The Morgan fingerprint density at radius 3 is 2.85 bits per heavy atom. The third-order valence-corrected chi connectivity index (χ3v) is 4.23. The Labute approximate surface area is 120 Å². The number of amides is 1. The van der Waals surface area contributed by atoms with Crippen molar-refractivity contribution in [2.75, 3.05) is 13.2 Å². The number of rotatable bonds is 7. The van der Waals surface area contributed by atoms with Gasteiger partial charge in [-0.25, -0.2) is 0 Å². The maximum atomic E-state index is 11.9. The fourth-order valence-corrected chi connectivity index (χ4v) is 3.26. The molecule has 1 saturated carbocycles. The van der Waals surface area contributed by atoms with E-state index in [4.69, 9.17) is 10.5 Å². The minimum Gasteiger partial charge on any atom is -0.494 e. The summed E-state index contributed by atoms with van der Waals surface area (Å²) in [4.78, 5) is 11.9. The number of hydrogen-bond donors (Lipinski definition) is 2. The Morgan fingerprint density at radius 1 is 1.45 bits per heavy atom. The molecule has 1 amide bonds. The van der Waals surface area contributed by atoms with Gasteiger partial charge in [-0.15, -0.1) is 0 Å². The predicted octanol–water partition coefficient (Wildman–Crippen LogP) is 2.09. The van der Waals surface area contributed by atoms with Crippen molar-refractivity contribution < 1.29 is 9.53 Å². The first kappa shape index (κ1) is 14.9. The Kier molecular flexibility index (Phi) is 5.01. The van der Waals surface area contributed by atoms with Gasteiger partial charge in [0.05, 0.1) is 6.61 Å². The van der Waals surface area contributed by atoms with Crippen molar-refractivity contribution in [3.05, 3.63) is 30.3 Å². The summed E-state index contributed by atoms with van der Waals surface area (Å²) < 4.78 is 5.74. The first-order valence-electron chi connectivity index (χ1n) is 7.42. The summed E-state index contributed by atoms with van der Waals surface area (Å²) in [6, 6.07) is 9.77. The fraction of sp³-hybridized carbons (Fsp3) is 0.562. The number of nitrogens with one attached hydrogen (secondary N) is 1. The van der Waals surface area contributed by atoms with Crippen LogP contribution >= 0.6 is 0 Å². The van der Waals surface area contributed by atoms with Gasteiger partial charge in [0.1, 0.15) is 11.3 Å². The highest BCUT2D eigenvalue weighted by Crippen LogP contribution is 2.37. The molecule has 0 saturated heterocycles. The Balaban J connectivity index is 1.92. The molecule has 1 fully saturated rings. The quantitative estimate of drug-likeness (QED) is 0.801. The Morgan fingerprint density at radius 2 is 2.20 bits per heavy atom. The van der Waals surface area contributed by atoms with Crippen LogP contribution in [0.15, 0.2) is 30.3 Å². The van der Waals surface area contributed by atoms with Gasteiger partial charge in [0.25, 0.3) is 0 Å². The van der Waals surface area contributed by atoms with Crippen LogP contribution in [0.2, 0.25) is 0 Å². The third kappa shape index (κ3) is 3.12. The van der Waals surface area contributed by atoms with E-state index in [1.165, 1.54) is 0 Å². The summed E-state index contributed by atoms with van der Waals surface area (Å²) in [5, 5.41) is 3.33. The third-order valence-electron chi connectivity index (χ3n) is 4.23. The molecular weight excluding hydrogens is 252 g/mol. The summed E-state index contributed by atoms with van der Waals surface area (Å²) in [7, 11) is 0. The number of primary amides is 1. The van der Waals surface area contributed by atoms with Crippen LogP contribution in [0.1, 0.15) is 32.6 Å². The van der Waals surface area contributed by atoms with Crippen LogP contribution in [0.5, 0.6) is 5.75 Å². The zero-order chi connectivity index (χ0) is 14.4. The van der Waals surface area contributed by atoms with Gasteiger partial charge < -0.3 is 15.8 Å². The summed E-state index contributed by atoms with van der Waals surface area (Å²) >= 11 is 0. The maximum absolute atomic E-state index is 11.9. The van der Waals surface area contributed by atoms with Crippen LogP contribution in [-0.2, 0) is 4.79 Å². The number of hydrogen-bond acceptors (Lipinski definition) is 3. The lowest BCUT2D eigenvalue weighted by Gasteiger charge is -2.33. The molecule has 0 aliphatic heterocycles. The lowest BCUT2D eigenvalue weighted by Crippen LogP contribution is -2.58. The lowest BCUT2D eigenvalue weighted by atomic mass is 9.84. The molecule has 4 nitrogen and oxygen atoms in total. The number of benzene rings is 1. The largest absolute Gasteiger partial charge is 0.494 e. The van der Waals surface area contributed by atoms with Crippen LogP contribution in [0.25, 0.3) is 0 Å². The SMILES string of the molecule is CCNC1(C(N)=O)CCCC1CCOc1ccccc1. The number of carbonyl (C=O) groups is 1. The van der Waals surface area contributed by atoms with E-state index in [-0.39, 0.29) is 11.8 Å². The molecule has 0 bridgehead atoms. The predicted molar refractivity (Wildman–Crippen MR) is 79.5 cm³/mol. The van der Waals surface area contributed by atoms with E-state index < -0.39 is 5.54 Å². The van der Waals surface area contributed by atoms with E-state index in [0.29, 0.717) is 6.61 Å². The molecule has 20 heavy (non-hydrogen) atoms. The number of likely N-dealkylation sites (N-methyl/N-ethyl adjacent to an activating group) is 1. The summed E-state index contributed by atoms with van der Waals surface area (Å²) in [6.07, 6.45) is 3.77. The smallest absolute Gasteiger partial charge is 0.238 e. The molecule has 0 aromatic heterocycles. The van der Waals surface area contributed by atoms with E-state index in [1.54, 1.807) is 0 Å². The van der Waals surface area contributed by atoms with E-state index >= 15 is 0 Å². The summed E-state index contributed by atoms with van der Waals surface area (Å²) in [5.74, 6) is 0.920. The van der Waals surface area contributed by atoms with Gasteiger partial charge in [0, 0.05) is 0 Å². The summed E-state index contributed by atoms with van der Waals surface area (Å²) in [5.41, 5.74) is 5.12. The Hall–Kier alpha value is -1.55. The zero-order valence-electron chi connectivity index (χ0n) is 12.1. The standard InChI is InChI=1S/C16H24N2O2/c1-2-18-16(15(17)19)11-6-7-13(16)10-12-20-14-8-4-3-5-9-14/h3-5,8-9,13,18H,2,6-7,10-12H2,1H3,(H2,17,19). The van der Waals surface area contributed by atoms with Gasteiger partial charge in [-0.1, -0.05) is 31.5 Å². The zero-order valence-corrected chi connectivity index (χ0v) is 12.1. The molecule has 0 heterocycles. The second-order valence-corrected chi connectivity index (χ2v) is 5.41. The van der Waals surface area contributed by atoms with Gasteiger partial charge in [-0.2, -0.15) is 0 Å². The Bertz CT molecular complexity index is 435. The van der Waals surface area contributed by atoms with Gasteiger partial charge in [0.2, 0.25) is 5.91 Å². The van der Waals surface area contributed by atoms with Crippen molar-refractivity contribution in [2.24, 2.45) is 11.7 Å². The molecule has 3 N–H and O–H groups in total. The number of nitrogens with two attached hydrogens (primary N) is 1. The highest BCUT2D eigenvalue weighted by molar-refractivity contribution is 5.85. The highest BCUT2D eigenvalue weighted by atomic mass is 16.5. The van der Waals surface area contributed by atoms with Crippen molar-refractivity contribution in [2.45, 2.75) is 38.1 Å². The molecule has 0 radical (unpaired) electrons. The number of carbonyl (C=O) groups excluding carboxylic acids is 1. The van der Waals surface area contributed by atoms with Crippen LogP contribution in [0.3, 0.4) is 0 Å². The molecule has 1 aromatic carbocycles. The van der Waals surface area contributed by atoms with E-state index in [9.17, 15) is 4.79 Å². The first-order chi connectivity index (χ1) is 9.69. The fourth-order valence-electron chi connectivity index (χ4n) is 3.26. The monoisotopic (exact) mass is 276 g/mol. The van der Waals surface area contributed by atoms with Gasteiger partial charge in [-0.05, 0) is 43.9 Å². The number of para-hydroxylation sites is 1. The molecule has 1 aliphatic carbocycles. The molecular formula is C16H24N2O2. The van der Waals surface area contributed by atoms with Crippen molar-refractivity contribution in [1.82, 2.24) is 5.32 Å². The molecule has 2 unspecified atom stereocenters. The maximum Gasteiger partial charge on any atom is 0.238 e. The number of ether oxygens (including phenoxy) is 1. The average molecular weight is 276 g/mol. The van der Waals surface area contributed by atoms with E-state index in [1.807, 2.05) is 37.3 Å². The van der Waals surface area contributed by atoms with Crippen molar-refractivity contribution in [3.63, 3.8) is 0 Å². The average Bonchev–Trinajstić information content (AvgIpc) is 2.85. The summed E-state index contributed by atoms with van der Waals surface area (Å²) in [6.45, 7) is 3.40. The topological polar surface area (TPSA) is 64.3 Å². The van der Waals surface area contributed by atoms with E-state index in [2.05, 4.69) is 5.32 Å². The molecule has 2 rings (SSSR count). The molecule has 0 spiro atoms. The molecule has 4 heteroatoms. The lowest BCUT2D eigenvalue weighted by molar-refractivity contribution is -0.126. The van der Waals surface area contributed by atoms with Crippen molar-refractivity contribution >= 4 is 5.91 Å². The van der Waals surface area contributed by atoms with Crippen molar-refractivity contribution in [1.29, 1.82) is 0 Å². The molecule has 1 aromatic rings. The highest BCUT2D eigenvalue weighted by Gasteiger charge is 2.46. The second kappa shape index (κ2) is 6.75. The van der Waals surface area contributed by atoms with Crippen LogP contribution in [0.4, 0.5) is 0 Å². The van der Waals surface area contributed by atoms with Crippen molar-refractivity contribution in [3.8, 4) is 5.75 Å². The minimum atomic E-state index is -0.533. The van der Waals surface area contributed by atoms with E-state index in [0.717, 1.165) is 38.0 Å².